The molecule has 0 heterocycles. The van der Waals surface area contributed by atoms with Crippen molar-refractivity contribution in [1.82, 2.24) is 14.9 Å². The van der Waals surface area contributed by atoms with Gasteiger partial charge in [-0.25, -0.2) is 13.1 Å². The van der Waals surface area contributed by atoms with E-state index in [-0.39, 0.29) is 29.2 Å². The minimum Gasteiger partial charge on any atom is -0.497 e. The standard InChI is InChI=1S/C27H37N3O5S/c1-19(2)17-28-27(32)20(3)30(18-22-5-12-24(35-4)13-6-22)26(31)16-9-21-7-14-25(15-8-21)36(33,34)29-23-10-11-23/h5-8,12-15,19-20,23,29H,9-11,16-18H2,1-4H3,(H,28,32). The quantitative estimate of drug-likeness (QED) is 0.426. The molecule has 0 aliphatic heterocycles. The number of hydrogen-bond acceptors (Lipinski definition) is 5. The van der Waals surface area contributed by atoms with Gasteiger partial charge in [0, 0.05) is 25.6 Å². The molecule has 196 valence electrons. The smallest absolute Gasteiger partial charge is 0.242 e. The van der Waals surface area contributed by atoms with E-state index in [1.807, 2.05) is 38.1 Å². The molecule has 1 aliphatic rings. The number of nitrogens with zero attached hydrogens (tertiary/aromatic N) is 1. The van der Waals surface area contributed by atoms with Crippen LogP contribution in [0.1, 0.15) is 51.2 Å². The maximum atomic E-state index is 13.3. The van der Waals surface area contributed by atoms with Crippen molar-refractivity contribution in [2.75, 3.05) is 13.7 Å². The fraction of sp³-hybridized carbons (Fsp3) is 0.481. The molecule has 0 bridgehead atoms. The van der Waals surface area contributed by atoms with Gasteiger partial charge in [0.05, 0.1) is 12.0 Å². The SMILES string of the molecule is COc1ccc(CN(C(=O)CCc2ccc(S(=O)(=O)NC3CC3)cc2)C(C)C(=O)NCC(C)C)cc1. The molecule has 0 radical (unpaired) electrons. The third-order valence-electron chi connectivity index (χ3n) is 6.12. The van der Waals surface area contributed by atoms with Crippen LogP contribution in [0.15, 0.2) is 53.4 Å². The maximum absolute atomic E-state index is 13.3. The zero-order chi connectivity index (χ0) is 26.3. The van der Waals surface area contributed by atoms with Crippen LogP contribution in [-0.2, 0) is 32.6 Å². The number of aryl methyl sites for hydroxylation is 1. The van der Waals surface area contributed by atoms with Crippen LogP contribution in [0.4, 0.5) is 0 Å². The highest BCUT2D eigenvalue weighted by Gasteiger charge is 2.28. The van der Waals surface area contributed by atoms with E-state index in [4.69, 9.17) is 4.74 Å². The number of benzene rings is 2. The summed E-state index contributed by atoms with van der Waals surface area (Å²) in [7, 11) is -1.91. The van der Waals surface area contributed by atoms with Crippen molar-refractivity contribution in [3.63, 3.8) is 0 Å². The summed E-state index contributed by atoms with van der Waals surface area (Å²) in [6.45, 7) is 6.61. The second-order valence-corrected chi connectivity index (χ2v) is 11.4. The number of ether oxygens (including phenoxy) is 1. The molecule has 1 saturated carbocycles. The van der Waals surface area contributed by atoms with Crippen LogP contribution in [-0.4, -0.2) is 50.9 Å². The molecule has 36 heavy (non-hydrogen) atoms. The van der Waals surface area contributed by atoms with Crippen molar-refractivity contribution in [3.05, 3.63) is 59.7 Å². The van der Waals surface area contributed by atoms with Gasteiger partial charge in [0.15, 0.2) is 0 Å². The number of hydrogen-bond donors (Lipinski definition) is 2. The van der Waals surface area contributed by atoms with Crippen molar-refractivity contribution >= 4 is 21.8 Å². The molecule has 2 amide bonds. The van der Waals surface area contributed by atoms with E-state index < -0.39 is 16.1 Å². The Balaban J connectivity index is 1.67. The lowest BCUT2D eigenvalue weighted by atomic mass is 10.1. The molecule has 1 atom stereocenters. The Morgan fingerprint density at radius 2 is 1.61 bits per heavy atom. The summed E-state index contributed by atoms with van der Waals surface area (Å²) in [5.41, 5.74) is 1.75. The lowest BCUT2D eigenvalue weighted by Gasteiger charge is -2.29. The van der Waals surface area contributed by atoms with Gasteiger partial charge in [0.1, 0.15) is 11.8 Å². The molecule has 1 fully saturated rings. The van der Waals surface area contributed by atoms with Gasteiger partial charge in [-0.3, -0.25) is 9.59 Å². The highest BCUT2D eigenvalue weighted by Crippen LogP contribution is 2.22. The summed E-state index contributed by atoms with van der Waals surface area (Å²) in [6.07, 6.45) is 2.39. The zero-order valence-electron chi connectivity index (χ0n) is 21.5. The average Bonchev–Trinajstić information content (AvgIpc) is 3.67. The summed E-state index contributed by atoms with van der Waals surface area (Å²) >= 11 is 0. The van der Waals surface area contributed by atoms with E-state index >= 15 is 0 Å². The Bertz CT molecular complexity index is 1130. The minimum atomic E-state index is -3.51. The monoisotopic (exact) mass is 515 g/mol. The molecule has 0 aromatic heterocycles. The van der Waals surface area contributed by atoms with E-state index in [1.165, 1.54) is 0 Å². The first-order valence-corrected chi connectivity index (χ1v) is 13.9. The molecule has 8 nitrogen and oxygen atoms in total. The summed E-state index contributed by atoms with van der Waals surface area (Å²) < 4.78 is 32.6. The van der Waals surface area contributed by atoms with Crippen LogP contribution in [0.25, 0.3) is 0 Å². The van der Waals surface area contributed by atoms with Crippen molar-refractivity contribution in [2.24, 2.45) is 5.92 Å². The molecule has 3 rings (SSSR count). The summed E-state index contributed by atoms with van der Waals surface area (Å²) in [5.74, 6) is 0.684. The van der Waals surface area contributed by atoms with Gasteiger partial charge in [-0.15, -0.1) is 0 Å². The molecule has 2 aromatic rings. The summed E-state index contributed by atoms with van der Waals surface area (Å²) in [5, 5.41) is 2.92. The van der Waals surface area contributed by atoms with Crippen LogP contribution >= 0.6 is 0 Å². The molecule has 9 heteroatoms. The van der Waals surface area contributed by atoms with E-state index in [1.54, 1.807) is 43.2 Å². The predicted molar refractivity (Wildman–Crippen MR) is 139 cm³/mol. The molecule has 1 aliphatic carbocycles. The number of carbonyl (C=O) groups excluding carboxylic acids is 2. The van der Waals surface area contributed by atoms with Crippen LogP contribution in [0.3, 0.4) is 0 Å². The summed E-state index contributed by atoms with van der Waals surface area (Å²) in [4.78, 5) is 27.9. The van der Waals surface area contributed by atoms with Gasteiger partial charge in [0.25, 0.3) is 0 Å². The highest BCUT2D eigenvalue weighted by molar-refractivity contribution is 7.89. The van der Waals surface area contributed by atoms with Gasteiger partial charge in [-0.05, 0) is 67.5 Å². The van der Waals surface area contributed by atoms with E-state index in [2.05, 4.69) is 10.0 Å². The molecule has 0 saturated heterocycles. The second kappa shape index (κ2) is 12.4. The Morgan fingerprint density at radius 3 is 2.17 bits per heavy atom. The second-order valence-electron chi connectivity index (χ2n) is 9.72. The van der Waals surface area contributed by atoms with Gasteiger partial charge in [0.2, 0.25) is 21.8 Å². The number of amides is 2. The fourth-order valence-electron chi connectivity index (χ4n) is 3.68. The third-order valence-corrected chi connectivity index (χ3v) is 7.66. The average molecular weight is 516 g/mol. The molecular weight excluding hydrogens is 478 g/mol. The first kappa shape index (κ1) is 27.7. The first-order valence-electron chi connectivity index (χ1n) is 12.4. The Hall–Kier alpha value is -2.91. The molecule has 0 spiro atoms. The third kappa shape index (κ3) is 8.06. The van der Waals surface area contributed by atoms with Crippen LogP contribution in [0, 0.1) is 5.92 Å². The topological polar surface area (TPSA) is 105 Å². The number of methoxy groups -OCH3 is 1. The first-order chi connectivity index (χ1) is 17.1. The lowest BCUT2D eigenvalue weighted by Crippen LogP contribution is -2.48. The van der Waals surface area contributed by atoms with Gasteiger partial charge in [-0.1, -0.05) is 38.1 Å². The molecule has 2 aromatic carbocycles. The van der Waals surface area contributed by atoms with E-state index in [9.17, 15) is 18.0 Å². The van der Waals surface area contributed by atoms with Crippen molar-refractivity contribution in [2.45, 2.75) is 70.0 Å². The molecule has 1 unspecified atom stereocenters. The summed E-state index contributed by atoms with van der Waals surface area (Å²) in [6, 6.07) is 13.4. The predicted octanol–water partition coefficient (Wildman–Crippen LogP) is 3.26. The van der Waals surface area contributed by atoms with Crippen LogP contribution in [0.5, 0.6) is 5.75 Å². The van der Waals surface area contributed by atoms with Gasteiger partial charge >= 0.3 is 0 Å². The molecular formula is C27H37N3O5S. The Kier molecular flexibility index (Phi) is 9.50. The number of nitrogens with one attached hydrogen (secondary N) is 2. The van der Waals surface area contributed by atoms with Crippen molar-refractivity contribution < 1.29 is 22.7 Å². The highest BCUT2D eigenvalue weighted by atomic mass is 32.2. The number of carbonyl (C=O) groups is 2. The Morgan fingerprint density at radius 1 is 1.00 bits per heavy atom. The Labute approximate surface area is 214 Å². The largest absolute Gasteiger partial charge is 0.497 e. The van der Waals surface area contributed by atoms with Crippen molar-refractivity contribution in [3.8, 4) is 5.75 Å². The van der Waals surface area contributed by atoms with Crippen LogP contribution < -0.4 is 14.8 Å². The maximum Gasteiger partial charge on any atom is 0.242 e. The zero-order valence-corrected chi connectivity index (χ0v) is 22.3. The lowest BCUT2D eigenvalue weighted by molar-refractivity contribution is -0.140. The number of sulfonamides is 1. The van der Waals surface area contributed by atoms with E-state index in [0.29, 0.717) is 25.4 Å². The minimum absolute atomic E-state index is 0.0451. The molecule has 2 N–H and O–H groups in total. The van der Waals surface area contributed by atoms with Gasteiger partial charge in [-0.2, -0.15) is 0 Å². The van der Waals surface area contributed by atoms with E-state index in [0.717, 1.165) is 29.7 Å². The number of rotatable bonds is 13. The fourth-order valence-corrected chi connectivity index (χ4v) is 4.99. The van der Waals surface area contributed by atoms with Crippen LogP contribution in [0.2, 0.25) is 0 Å². The van der Waals surface area contributed by atoms with Crippen molar-refractivity contribution in [1.29, 1.82) is 0 Å². The van der Waals surface area contributed by atoms with Gasteiger partial charge < -0.3 is 15.0 Å². The normalized spacial score (nSPS) is 14.4.